The first-order valence-corrected chi connectivity index (χ1v) is 12.5. The summed E-state index contributed by atoms with van der Waals surface area (Å²) in [4.78, 5) is 31.3. The number of nitrogens with one attached hydrogen (secondary N) is 1. The molecular formula is C27H32N8O. The van der Waals surface area contributed by atoms with Crippen molar-refractivity contribution in [2.45, 2.75) is 25.7 Å². The van der Waals surface area contributed by atoms with E-state index < -0.39 is 0 Å². The van der Waals surface area contributed by atoms with Gasteiger partial charge >= 0.3 is 0 Å². The van der Waals surface area contributed by atoms with Gasteiger partial charge < -0.3 is 15.1 Å². The fourth-order valence-electron chi connectivity index (χ4n) is 4.57. The SMILES string of the molecule is CN1CCCCN(c2cc(C(=O)Nc3cc4cc(-c5cnn(C)c5)cnc4cn3)ccn2)CCCC1. The fourth-order valence-corrected chi connectivity index (χ4v) is 4.57. The topological polar surface area (TPSA) is 92.1 Å². The first-order chi connectivity index (χ1) is 17.5. The van der Waals surface area contributed by atoms with Gasteiger partial charge in [0.1, 0.15) is 11.6 Å². The van der Waals surface area contributed by atoms with E-state index in [9.17, 15) is 4.79 Å². The third-order valence-electron chi connectivity index (χ3n) is 6.61. The minimum Gasteiger partial charge on any atom is -0.357 e. The molecule has 5 heterocycles. The molecule has 0 saturated carbocycles. The normalized spacial score (nSPS) is 15.7. The van der Waals surface area contributed by atoms with E-state index in [1.807, 2.05) is 43.8 Å². The summed E-state index contributed by atoms with van der Waals surface area (Å²) in [6.07, 6.45) is 13.5. The second kappa shape index (κ2) is 10.8. The lowest BCUT2D eigenvalue weighted by molar-refractivity contribution is 0.102. The van der Waals surface area contributed by atoms with Crippen molar-refractivity contribution >= 4 is 28.4 Å². The van der Waals surface area contributed by atoms with Crippen molar-refractivity contribution in [2.75, 3.05) is 43.4 Å². The van der Waals surface area contributed by atoms with Gasteiger partial charge in [-0.1, -0.05) is 0 Å². The smallest absolute Gasteiger partial charge is 0.257 e. The monoisotopic (exact) mass is 484 g/mol. The first-order valence-electron chi connectivity index (χ1n) is 12.5. The van der Waals surface area contributed by atoms with Crippen LogP contribution in [-0.2, 0) is 7.05 Å². The molecule has 4 aromatic rings. The zero-order chi connectivity index (χ0) is 24.9. The largest absolute Gasteiger partial charge is 0.357 e. The molecule has 1 fully saturated rings. The van der Waals surface area contributed by atoms with E-state index >= 15 is 0 Å². The summed E-state index contributed by atoms with van der Waals surface area (Å²) < 4.78 is 1.76. The first kappa shape index (κ1) is 23.9. The highest BCUT2D eigenvalue weighted by Crippen LogP contribution is 2.24. The number of hydrogen-bond acceptors (Lipinski definition) is 7. The number of rotatable bonds is 4. The van der Waals surface area contributed by atoms with Crippen molar-refractivity contribution in [1.29, 1.82) is 0 Å². The van der Waals surface area contributed by atoms with Crippen LogP contribution in [0.3, 0.4) is 0 Å². The summed E-state index contributed by atoms with van der Waals surface area (Å²) in [5.41, 5.74) is 3.29. The van der Waals surface area contributed by atoms with Gasteiger partial charge in [0.2, 0.25) is 0 Å². The molecule has 0 unspecified atom stereocenters. The number of pyridine rings is 3. The Balaban J connectivity index is 1.31. The maximum absolute atomic E-state index is 13.1. The lowest BCUT2D eigenvalue weighted by Gasteiger charge is -2.27. The van der Waals surface area contributed by atoms with Crippen LogP contribution >= 0.6 is 0 Å². The Morgan fingerprint density at radius 1 is 0.861 bits per heavy atom. The molecule has 1 amide bonds. The van der Waals surface area contributed by atoms with Gasteiger partial charge in [-0.3, -0.25) is 14.5 Å². The van der Waals surface area contributed by atoms with E-state index in [1.54, 1.807) is 23.1 Å². The van der Waals surface area contributed by atoms with Gasteiger partial charge in [-0.25, -0.2) is 9.97 Å². The molecule has 0 radical (unpaired) electrons. The Morgan fingerprint density at radius 3 is 2.39 bits per heavy atom. The molecule has 0 bridgehead atoms. The van der Waals surface area contributed by atoms with Crippen LogP contribution in [0.4, 0.5) is 11.6 Å². The van der Waals surface area contributed by atoms with E-state index in [-0.39, 0.29) is 5.91 Å². The van der Waals surface area contributed by atoms with Crippen molar-refractivity contribution in [2.24, 2.45) is 7.05 Å². The Labute approximate surface area is 211 Å². The van der Waals surface area contributed by atoms with Crippen molar-refractivity contribution < 1.29 is 4.79 Å². The summed E-state index contributed by atoms with van der Waals surface area (Å²) >= 11 is 0. The van der Waals surface area contributed by atoms with Gasteiger partial charge in [0.25, 0.3) is 5.91 Å². The summed E-state index contributed by atoms with van der Waals surface area (Å²) in [6.45, 7) is 4.15. The summed E-state index contributed by atoms with van der Waals surface area (Å²) in [5, 5.41) is 8.08. The molecule has 4 aromatic heterocycles. The van der Waals surface area contributed by atoms with Crippen LogP contribution in [0.5, 0.6) is 0 Å². The maximum Gasteiger partial charge on any atom is 0.257 e. The number of aromatic nitrogens is 5. The van der Waals surface area contributed by atoms with Crippen molar-refractivity contribution in [3.05, 3.63) is 60.8 Å². The lowest BCUT2D eigenvalue weighted by atomic mass is 10.1. The van der Waals surface area contributed by atoms with Gasteiger partial charge in [-0.2, -0.15) is 5.10 Å². The zero-order valence-corrected chi connectivity index (χ0v) is 20.9. The van der Waals surface area contributed by atoms with Crippen molar-refractivity contribution in [3.8, 4) is 11.1 Å². The van der Waals surface area contributed by atoms with Gasteiger partial charge in [0, 0.05) is 60.8 Å². The second-order valence-corrected chi connectivity index (χ2v) is 9.45. The summed E-state index contributed by atoms with van der Waals surface area (Å²) in [7, 11) is 4.08. The zero-order valence-electron chi connectivity index (χ0n) is 20.9. The second-order valence-electron chi connectivity index (χ2n) is 9.45. The predicted octanol–water partition coefficient (Wildman–Crippen LogP) is 3.99. The van der Waals surface area contributed by atoms with E-state index in [0.29, 0.717) is 11.4 Å². The van der Waals surface area contributed by atoms with E-state index in [1.165, 1.54) is 0 Å². The Bertz CT molecular complexity index is 1340. The van der Waals surface area contributed by atoms with Crippen LogP contribution in [0.2, 0.25) is 0 Å². The van der Waals surface area contributed by atoms with Crippen molar-refractivity contribution in [3.63, 3.8) is 0 Å². The summed E-state index contributed by atoms with van der Waals surface area (Å²) in [6, 6.07) is 7.52. The quantitative estimate of drug-likeness (QED) is 0.468. The molecule has 1 N–H and O–H groups in total. The minimum atomic E-state index is -0.204. The highest BCUT2D eigenvalue weighted by Gasteiger charge is 2.14. The molecule has 9 nitrogen and oxygen atoms in total. The average Bonchev–Trinajstić information content (AvgIpc) is 3.33. The Kier molecular flexibility index (Phi) is 7.18. The van der Waals surface area contributed by atoms with Gasteiger partial charge in [0.15, 0.2) is 0 Å². The average molecular weight is 485 g/mol. The fraction of sp³-hybridized carbons (Fsp3) is 0.370. The van der Waals surface area contributed by atoms with Gasteiger partial charge in [-0.05, 0) is 70.1 Å². The number of amides is 1. The van der Waals surface area contributed by atoms with Gasteiger partial charge in [0.05, 0.1) is 17.9 Å². The molecule has 0 spiro atoms. The highest BCUT2D eigenvalue weighted by molar-refractivity contribution is 6.04. The number of aryl methyl sites for hydroxylation is 1. The number of anilines is 2. The van der Waals surface area contributed by atoms with Crippen LogP contribution in [0.15, 0.2) is 55.2 Å². The molecule has 36 heavy (non-hydrogen) atoms. The Hall–Kier alpha value is -3.85. The molecule has 0 aliphatic carbocycles. The number of carbonyl (C=O) groups excluding carboxylic acids is 1. The van der Waals surface area contributed by atoms with Crippen LogP contribution in [0.25, 0.3) is 22.0 Å². The third kappa shape index (κ3) is 5.68. The maximum atomic E-state index is 13.1. The van der Waals surface area contributed by atoms with E-state index in [2.05, 4.69) is 42.2 Å². The standard InChI is InChI=1S/C27H32N8O/c1-33-9-3-5-11-35(12-6-4-10-33)26-15-20(7-8-28-26)27(36)32-25-14-21-13-22(16-29-24(21)18-30-25)23-17-31-34(2)19-23/h7-8,13-19H,3-6,9-12H2,1-2H3,(H,30,32,36). The van der Waals surface area contributed by atoms with Crippen LogP contribution in [0.1, 0.15) is 36.0 Å². The van der Waals surface area contributed by atoms with E-state index in [0.717, 1.165) is 79.7 Å². The summed E-state index contributed by atoms with van der Waals surface area (Å²) in [5.74, 6) is 1.14. The number of hydrogen-bond donors (Lipinski definition) is 1. The minimum absolute atomic E-state index is 0.204. The molecule has 1 aliphatic rings. The van der Waals surface area contributed by atoms with Crippen molar-refractivity contribution in [1.82, 2.24) is 29.6 Å². The number of nitrogens with zero attached hydrogens (tertiary/aromatic N) is 7. The third-order valence-corrected chi connectivity index (χ3v) is 6.61. The van der Waals surface area contributed by atoms with Gasteiger partial charge in [-0.15, -0.1) is 0 Å². The molecule has 1 aliphatic heterocycles. The molecule has 0 atom stereocenters. The van der Waals surface area contributed by atoms with Crippen LogP contribution < -0.4 is 10.2 Å². The molecule has 0 aromatic carbocycles. The lowest BCUT2D eigenvalue weighted by Crippen LogP contribution is -2.30. The Morgan fingerprint density at radius 2 is 1.64 bits per heavy atom. The molecule has 5 rings (SSSR count). The van der Waals surface area contributed by atoms with E-state index in [4.69, 9.17) is 0 Å². The predicted molar refractivity (Wildman–Crippen MR) is 142 cm³/mol. The van der Waals surface area contributed by atoms with Crippen LogP contribution in [0, 0.1) is 0 Å². The molecule has 9 heteroatoms. The number of carbonyl (C=O) groups is 1. The molecule has 186 valence electrons. The molecule has 1 saturated heterocycles. The van der Waals surface area contributed by atoms with Crippen LogP contribution in [-0.4, -0.2) is 68.8 Å². The molecular weight excluding hydrogens is 452 g/mol. The highest BCUT2D eigenvalue weighted by atomic mass is 16.1. The number of fused-ring (bicyclic) bond motifs is 1.